The van der Waals surface area contributed by atoms with E-state index in [4.69, 9.17) is 12.2 Å². The van der Waals surface area contributed by atoms with Gasteiger partial charge >= 0.3 is 0 Å². The highest BCUT2D eigenvalue weighted by molar-refractivity contribution is 7.80. The van der Waals surface area contributed by atoms with Crippen LogP contribution in [-0.2, 0) is 14.4 Å². The predicted octanol–water partition coefficient (Wildman–Crippen LogP) is 0.845. The molecule has 1 heterocycles. The van der Waals surface area contributed by atoms with Gasteiger partial charge in [-0.05, 0) is 45.8 Å². The van der Waals surface area contributed by atoms with Gasteiger partial charge in [-0.2, -0.15) is 0 Å². The standard InChI is InChI=1S/C16H26N4O3S/c1-16(2,3)17-15(24)19-18-12(21)8-9-20-13(22)10-6-4-5-7-11(10)14(20)23/h10-11H,4-9H2,1-3H3,(H,18,21)(H2,17,19,24)/t10-,11-/m1/s1. The van der Waals surface area contributed by atoms with Gasteiger partial charge in [0.05, 0.1) is 11.8 Å². The Morgan fingerprint density at radius 3 is 2.17 bits per heavy atom. The van der Waals surface area contributed by atoms with Crippen molar-refractivity contribution < 1.29 is 14.4 Å². The lowest BCUT2D eigenvalue weighted by molar-refractivity contribution is -0.140. The van der Waals surface area contributed by atoms with E-state index in [1.165, 1.54) is 4.90 Å². The Bertz CT molecular complexity index is 520. The van der Waals surface area contributed by atoms with Gasteiger partial charge in [-0.3, -0.25) is 30.1 Å². The first-order valence-corrected chi connectivity index (χ1v) is 8.82. The van der Waals surface area contributed by atoms with E-state index in [2.05, 4.69) is 16.2 Å². The van der Waals surface area contributed by atoms with E-state index in [-0.39, 0.29) is 48.1 Å². The summed E-state index contributed by atoms with van der Waals surface area (Å²) in [6, 6.07) is 0. The Kier molecular flexibility index (Phi) is 5.79. The first kappa shape index (κ1) is 18.6. The number of hydrogen-bond acceptors (Lipinski definition) is 4. The van der Waals surface area contributed by atoms with Crippen molar-refractivity contribution in [2.45, 2.75) is 58.4 Å². The van der Waals surface area contributed by atoms with E-state index in [9.17, 15) is 14.4 Å². The zero-order valence-corrected chi connectivity index (χ0v) is 15.3. The molecule has 3 amide bonds. The Labute approximate surface area is 147 Å². The van der Waals surface area contributed by atoms with Gasteiger partial charge in [0.25, 0.3) is 0 Å². The van der Waals surface area contributed by atoms with Gasteiger partial charge in [-0.1, -0.05) is 12.8 Å². The van der Waals surface area contributed by atoms with Crippen LogP contribution in [0.3, 0.4) is 0 Å². The molecule has 7 nitrogen and oxygen atoms in total. The van der Waals surface area contributed by atoms with E-state index in [1.807, 2.05) is 20.8 Å². The maximum atomic E-state index is 12.3. The molecule has 1 aliphatic carbocycles. The van der Waals surface area contributed by atoms with Crippen molar-refractivity contribution in [2.75, 3.05) is 6.54 Å². The normalized spacial score (nSPS) is 23.7. The fourth-order valence-electron chi connectivity index (χ4n) is 3.23. The van der Waals surface area contributed by atoms with Gasteiger partial charge in [0.1, 0.15) is 0 Å². The predicted molar refractivity (Wildman–Crippen MR) is 93.6 cm³/mol. The summed E-state index contributed by atoms with van der Waals surface area (Å²) in [4.78, 5) is 37.8. The van der Waals surface area contributed by atoms with Crippen LogP contribution in [0.4, 0.5) is 0 Å². The molecule has 8 heteroatoms. The Balaban J connectivity index is 1.76. The van der Waals surface area contributed by atoms with Crippen molar-refractivity contribution in [1.29, 1.82) is 0 Å². The summed E-state index contributed by atoms with van der Waals surface area (Å²) >= 11 is 5.06. The fourth-order valence-corrected chi connectivity index (χ4v) is 3.58. The summed E-state index contributed by atoms with van der Waals surface area (Å²) < 4.78 is 0. The van der Waals surface area contributed by atoms with Crippen molar-refractivity contribution in [3.8, 4) is 0 Å². The van der Waals surface area contributed by atoms with E-state index in [0.29, 0.717) is 5.11 Å². The average molecular weight is 354 g/mol. The van der Waals surface area contributed by atoms with Gasteiger partial charge in [0.2, 0.25) is 17.7 Å². The number of hydrazine groups is 1. The van der Waals surface area contributed by atoms with Gasteiger partial charge < -0.3 is 5.32 Å². The average Bonchev–Trinajstić information content (AvgIpc) is 2.74. The molecule has 0 radical (unpaired) electrons. The molecule has 2 aliphatic rings. The third kappa shape index (κ3) is 4.66. The van der Waals surface area contributed by atoms with Gasteiger partial charge in [0, 0.05) is 18.5 Å². The number of fused-ring (bicyclic) bond motifs is 1. The van der Waals surface area contributed by atoms with Crippen LogP contribution in [0.2, 0.25) is 0 Å². The molecule has 0 spiro atoms. The SMILES string of the molecule is CC(C)(C)NC(=S)NNC(=O)CCN1C(=O)[C@@H]2CCCC[C@H]2C1=O. The summed E-state index contributed by atoms with van der Waals surface area (Å²) in [7, 11) is 0. The number of nitrogens with one attached hydrogen (secondary N) is 3. The summed E-state index contributed by atoms with van der Waals surface area (Å²) in [5.41, 5.74) is 4.89. The van der Waals surface area contributed by atoms with Gasteiger partial charge in [-0.25, -0.2) is 0 Å². The molecule has 3 N–H and O–H groups in total. The Morgan fingerprint density at radius 2 is 1.67 bits per heavy atom. The number of carbonyl (C=O) groups excluding carboxylic acids is 3. The zero-order valence-electron chi connectivity index (χ0n) is 14.5. The lowest BCUT2D eigenvalue weighted by Crippen LogP contribution is -2.52. The first-order valence-electron chi connectivity index (χ1n) is 8.41. The quantitative estimate of drug-likeness (QED) is 0.395. The molecule has 0 aromatic heterocycles. The Morgan fingerprint density at radius 1 is 1.12 bits per heavy atom. The van der Waals surface area contributed by atoms with Gasteiger partial charge in [-0.15, -0.1) is 0 Å². The van der Waals surface area contributed by atoms with Crippen molar-refractivity contribution in [3.05, 3.63) is 0 Å². The highest BCUT2D eigenvalue weighted by atomic mass is 32.1. The summed E-state index contributed by atoms with van der Waals surface area (Å²) in [6.45, 7) is 5.98. The maximum absolute atomic E-state index is 12.3. The summed E-state index contributed by atoms with van der Waals surface area (Å²) in [5.74, 6) is -0.888. The lowest BCUT2D eigenvalue weighted by Gasteiger charge is -2.23. The van der Waals surface area contributed by atoms with Crippen molar-refractivity contribution in [2.24, 2.45) is 11.8 Å². The maximum Gasteiger partial charge on any atom is 0.240 e. The van der Waals surface area contributed by atoms with E-state index >= 15 is 0 Å². The molecule has 1 saturated heterocycles. The van der Waals surface area contributed by atoms with Crippen LogP contribution in [0.1, 0.15) is 52.9 Å². The molecule has 1 aliphatic heterocycles. The van der Waals surface area contributed by atoms with Crippen LogP contribution >= 0.6 is 12.2 Å². The highest BCUT2D eigenvalue weighted by Gasteiger charge is 2.47. The van der Waals surface area contributed by atoms with Crippen LogP contribution in [0.25, 0.3) is 0 Å². The molecule has 24 heavy (non-hydrogen) atoms. The molecule has 1 saturated carbocycles. The Hall–Kier alpha value is -1.70. The zero-order chi connectivity index (χ0) is 17.9. The molecule has 134 valence electrons. The number of carbonyl (C=O) groups is 3. The summed E-state index contributed by atoms with van der Waals surface area (Å²) in [6.07, 6.45) is 3.62. The van der Waals surface area contributed by atoms with Crippen molar-refractivity contribution in [1.82, 2.24) is 21.1 Å². The minimum absolute atomic E-state index is 0.0576. The number of rotatable bonds is 3. The van der Waals surface area contributed by atoms with Crippen molar-refractivity contribution >= 4 is 35.1 Å². The second-order valence-corrected chi connectivity index (χ2v) is 7.86. The monoisotopic (exact) mass is 354 g/mol. The van der Waals surface area contributed by atoms with Crippen LogP contribution < -0.4 is 16.2 Å². The van der Waals surface area contributed by atoms with E-state index in [1.54, 1.807) is 0 Å². The van der Waals surface area contributed by atoms with E-state index in [0.717, 1.165) is 25.7 Å². The third-order valence-electron chi connectivity index (χ3n) is 4.30. The van der Waals surface area contributed by atoms with E-state index < -0.39 is 0 Å². The van der Waals surface area contributed by atoms with Gasteiger partial charge in [0.15, 0.2) is 5.11 Å². The molecule has 0 aromatic rings. The molecule has 2 rings (SSSR count). The number of amides is 3. The van der Waals surface area contributed by atoms with Crippen LogP contribution in [-0.4, -0.2) is 39.8 Å². The van der Waals surface area contributed by atoms with Crippen LogP contribution in [0.15, 0.2) is 0 Å². The molecule has 0 aromatic carbocycles. The molecule has 0 bridgehead atoms. The van der Waals surface area contributed by atoms with Crippen LogP contribution in [0, 0.1) is 11.8 Å². The van der Waals surface area contributed by atoms with Crippen molar-refractivity contribution in [3.63, 3.8) is 0 Å². The fraction of sp³-hybridized carbons (Fsp3) is 0.750. The molecule has 0 unspecified atom stereocenters. The minimum atomic E-state index is -0.316. The second kappa shape index (κ2) is 7.46. The number of hydrogen-bond donors (Lipinski definition) is 3. The smallest absolute Gasteiger partial charge is 0.240 e. The third-order valence-corrected chi connectivity index (χ3v) is 4.50. The number of imide groups is 1. The number of likely N-dealkylation sites (tertiary alicyclic amines) is 1. The largest absolute Gasteiger partial charge is 0.357 e. The first-order chi connectivity index (χ1) is 11.2. The lowest BCUT2D eigenvalue weighted by atomic mass is 9.81. The van der Waals surface area contributed by atoms with Crippen LogP contribution in [0.5, 0.6) is 0 Å². The molecular weight excluding hydrogens is 328 g/mol. The molecular formula is C16H26N4O3S. The number of nitrogens with zero attached hydrogens (tertiary/aromatic N) is 1. The second-order valence-electron chi connectivity index (χ2n) is 7.45. The highest BCUT2D eigenvalue weighted by Crippen LogP contribution is 2.37. The summed E-state index contributed by atoms with van der Waals surface area (Å²) in [5, 5.41) is 3.32. The topological polar surface area (TPSA) is 90.5 Å². The number of thiocarbonyl (C=S) groups is 1. The molecule has 2 atom stereocenters. The molecule has 2 fully saturated rings. The minimum Gasteiger partial charge on any atom is -0.357 e.